The summed E-state index contributed by atoms with van der Waals surface area (Å²) in [4.78, 5) is 11.3. The Balaban J connectivity index is 2.68. The Morgan fingerprint density at radius 3 is 2.67 bits per heavy atom. The quantitative estimate of drug-likeness (QED) is 0.682. The summed E-state index contributed by atoms with van der Waals surface area (Å²) in [6, 6.07) is 4.10. The molecule has 0 spiro atoms. The number of carbonyl (C=O) groups excluding carboxylic acids is 1. The van der Waals surface area contributed by atoms with E-state index in [4.69, 9.17) is 16.7 Å². The third-order valence-corrected chi connectivity index (χ3v) is 1.93. The van der Waals surface area contributed by atoms with Gasteiger partial charge in [-0.1, -0.05) is 11.6 Å². The zero-order valence-electron chi connectivity index (χ0n) is 8.54. The Morgan fingerprint density at radius 1 is 1.47 bits per heavy atom. The molecule has 0 fully saturated rings. The molecule has 0 heterocycles. The Kier molecular flexibility index (Phi) is 3.80. The summed E-state index contributed by atoms with van der Waals surface area (Å²) in [5.74, 6) is 0.0646. The molecule has 1 aromatic rings. The van der Waals surface area contributed by atoms with E-state index in [0.717, 1.165) is 0 Å². The fraction of sp³-hybridized carbons (Fsp3) is 0.300. The number of phenols is 1. The van der Waals surface area contributed by atoms with Gasteiger partial charge in [-0.25, -0.2) is 4.79 Å². The first-order chi connectivity index (χ1) is 6.99. The zero-order chi connectivity index (χ0) is 11.4. The maximum Gasteiger partial charge on any atom is 0.319 e. The van der Waals surface area contributed by atoms with E-state index in [1.54, 1.807) is 0 Å². The largest absolute Gasteiger partial charge is 0.508 e. The fourth-order valence-corrected chi connectivity index (χ4v) is 1.25. The van der Waals surface area contributed by atoms with E-state index in [9.17, 15) is 4.79 Å². The van der Waals surface area contributed by atoms with E-state index in [1.807, 2.05) is 13.8 Å². The molecular formula is C10H13ClN2O2. The highest BCUT2D eigenvalue weighted by Gasteiger charge is 2.06. The van der Waals surface area contributed by atoms with Crippen molar-refractivity contribution in [2.45, 2.75) is 19.9 Å². The van der Waals surface area contributed by atoms with Gasteiger partial charge in [-0.15, -0.1) is 0 Å². The van der Waals surface area contributed by atoms with Crippen molar-refractivity contribution in [3.63, 3.8) is 0 Å². The highest BCUT2D eigenvalue weighted by molar-refractivity contribution is 6.33. The van der Waals surface area contributed by atoms with Crippen LogP contribution in [0.3, 0.4) is 0 Å². The maximum atomic E-state index is 11.3. The first-order valence-corrected chi connectivity index (χ1v) is 4.93. The molecule has 4 nitrogen and oxygen atoms in total. The van der Waals surface area contributed by atoms with Gasteiger partial charge in [0, 0.05) is 12.1 Å². The highest BCUT2D eigenvalue weighted by atomic mass is 35.5. The van der Waals surface area contributed by atoms with Crippen LogP contribution in [0.25, 0.3) is 0 Å². The smallest absolute Gasteiger partial charge is 0.319 e. The highest BCUT2D eigenvalue weighted by Crippen LogP contribution is 2.25. The summed E-state index contributed by atoms with van der Waals surface area (Å²) < 4.78 is 0. The molecule has 0 aliphatic heterocycles. The molecule has 0 aliphatic rings. The predicted molar refractivity (Wildman–Crippen MR) is 60.4 cm³/mol. The molecule has 0 radical (unpaired) electrons. The van der Waals surface area contributed by atoms with Crippen LogP contribution >= 0.6 is 11.6 Å². The number of aromatic hydroxyl groups is 1. The van der Waals surface area contributed by atoms with Gasteiger partial charge in [0.15, 0.2) is 0 Å². The van der Waals surface area contributed by atoms with E-state index in [1.165, 1.54) is 18.2 Å². The molecule has 82 valence electrons. The van der Waals surface area contributed by atoms with Gasteiger partial charge in [0.05, 0.1) is 10.7 Å². The molecule has 1 aromatic carbocycles. The molecule has 0 saturated heterocycles. The number of amides is 2. The van der Waals surface area contributed by atoms with E-state index in [0.29, 0.717) is 10.7 Å². The second kappa shape index (κ2) is 4.89. The Morgan fingerprint density at radius 2 is 2.13 bits per heavy atom. The topological polar surface area (TPSA) is 61.4 Å². The van der Waals surface area contributed by atoms with Crippen LogP contribution in [0.1, 0.15) is 13.8 Å². The number of hydrogen-bond acceptors (Lipinski definition) is 2. The minimum Gasteiger partial charge on any atom is -0.508 e. The van der Waals surface area contributed by atoms with E-state index >= 15 is 0 Å². The van der Waals surface area contributed by atoms with Crippen molar-refractivity contribution in [3.05, 3.63) is 23.2 Å². The summed E-state index contributed by atoms with van der Waals surface area (Å²) in [5, 5.41) is 14.6. The van der Waals surface area contributed by atoms with Gasteiger partial charge >= 0.3 is 6.03 Å². The SMILES string of the molecule is CC(C)NC(=O)Nc1ccc(O)cc1Cl. The average molecular weight is 229 g/mol. The van der Waals surface area contributed by atoms with Crippen LogP contribution in [-0.2, 0) is 0 Å². The van der Waals surface area contributed by atoms with E-state index in [2.05, 4.69) is 10.6 Å². The van der Waals surface area contributed by atoms with E-state index < -0.39 is 0 Å². The summed E-state index contributed by atoms with van der Waals surface area (Å²) in [7, 11) is 0. The van der Waals surface area contributed by atoms with Crippen molar-refractivity contribution < 1.29 is 9.90 Å². The number of nitrogens with one attached hydrogen (secondary N) is 2. The normalized spacial score (nSPS) is 10.1. The molecule has 0 unspecified atom stereocenters. The molecular weight excluding hydrogens is 216 g/mol. The first kappa shape index (κ1) is 11.7. The molecule has 1 rings (SSSR count). The monoisotopic (exact) mass is 228 g/mol. The van der Waals surface area contributed by atoms with Crippen LogP contribution in [0.5, 0.6) is 5.75 Å². The number of halogens is 1. The van der Waals surface area contributed by atoms with Gasteiger partial charge in [-0.2, -0.15) is 0 Å². The maximum absolute atomic E-state index is 11.3. The van der Waals surface area contributed by atoms with Gasteiger partial charge in [0.25, 0.3) is 0 Å². The average Bonchev–Trinajstić information content (AvgIpc) is 2.08. The lowest BCUT2D eigenvalue weighted by atomic mass is 10.3. The van der Waals surface area contributed by atoms with Crippen molar-refractivity contribution in [3.8, 4) is 5.75 Å². The third-order valence-electron chi connectivity index (χ3n) is 1.62. The van der Waals surface area contributed by atoms with Gasteiger partial charge in [-0.3, -0.25) is 0 Å². The number of urea groups is 1. The van der Waals surface area contributed by atoms with Crippen LogP contribution in [0.4, 0.5) is 10.5 Å². The van der Waals surface area contributed by atoms with Crippen molar-refractivity contribution in [1.82, 2.24) is 5.32 Å². The van der Waals surface area contributed by atoms with Crippen LogP contribution in [0.15, 0.2) is 18.2 Å². The Bertz CT molecular complexity index is 366. The van der Waals surface area contributed by atoms with Gasteiger partial charge in [0.1, 0.15) is 5.75 Å². The van der Waals surface area contributed by atoms with Crippen molar-refractivity contribution >= 4 is 23.3 Å². The summed E-state index contributed by atoms with van der Waals surface area (Å²) in [6.45, 7) is 3.72. The van der Waals surface area contributed by atoms with Gasteiger partial charge in [0.2, 0.25) is 0 Å². The van der Waals surface area contributed by atoms with Crippen LogP contribution < -0.4 is 10.6 Å². The molecule has 0 bridgehead atoms. The molecule has 0 aliphatic carbocycles. The molecule has 0 atom stereocenters. The standard InChI is InChI=1S/C10H13ClN2O2/c1-6(2)12-10(15)13-9-4-3-7(14)5-8(9)11/h3-6,14H,1-2H3,(H2,12,13,15). The van der Waals surface area contributed by atoms with Crippen molar-refractivity contribution in [2.24, 2.45) is 0 Å². The van der Waals surface area contributed by atoms with Crippen LogP contribution in [0.2, 0.25) is 5.02 Å². The van der Waals surface area contributed by atoms with E-state index in [-0.39, 0.29) is 17.8 Å². The lowest BCUT2D eigenvalue weighted by molar-refractivity contribution is 0.250. The Hall–Kier alpha value is -1.42. The number of rotatable bonds is 2. The minimum atomic E-state index is -0.322. The molecule has 5 heteroatoms. The molecule has 2 amide bonds. The van der Waals surface area contributed by atoms with Gasteiger partial charge in [-0.05, 0) is 26.0 Å². The summed E-state index contributed by atoms with van der Waals surface area (Å²) in [6.07, 6.45) is 0. The molecule has 0 saturated carbocycles. The van der Waals surface area contributed by atoms with Crippen molar-refractivity contribution in [2.75, 3.05) is 5.32 Å². The summed E-state index contributed by atoms with van der Waals surface area (Å²) >= 11 is 5.81. The minimum absolute atomic E-state index is 0.0564. The lowest BCUT2D eigenvalue weighted by Gasteiger charge is -2.11. The second-order valence-electron chi connectivity index (χ2n) is 3.42. The number of anilines is 1. The predicted octanol–water partition coefficient (Wildman–Crippen LogP) is 2.58. The number of benzene rings is 1. The Labute approximate surface area is 93.2 Å². The second-order valence-corrected chi connectivity index (χ2v) is 3.82. The zero-order valence-corrected chi connectivity index (χ0v) is 9.30. The summed E-state index contributed by atoms with van der Waals surface area (Å²) in [5.41, 5.74) is 0.465. The first-order valence-electron chi connectivity index (χ1n) is 4.55. The van der Waals surface area contributed by atoms with Crippen molar-refractivity contribution in [1.29, 1.82) is 0 Å². The number of hydrogen-bond donors (Lipinski definition) is 3. The number of carbonyl (C=O) groups is 1. The van der Waals surface area contributed by atoms with Crippen LogP contribution in [0, 0.1) is 0 Å². The molecule has 15 heavy (non-hydrogen) atoms. The lowest BCUT2D eigenvalue weighted by Crippen LogP contribution is -2.34. The third kappa shape index (κ3) is 3.67. The van der Waals surface area contributed by atoms with Gasteiger partial charge < -0.3 is 15.7 Å². The van der Waals surface area contributed by atoms with Crippen LogP contribution in [-0.4, -0.2) is 17.2 Å². The molecule has 3 N–H and O–H groups in total. The fourth-order valence-electron chi connectivity index (χ4n) is 1.03. The number of phenolic OH excluding ortho intramolecular Hbond substituents is 1. The molecule has 0 aromatic heterocycles.